The van der Waals surface area contributed by atoms with Crippen LogP contribution in [-0.2, 0) is 0 Å². The van der Waals surface area contributed by atoms with E-state index in [9.17, 15) is 4.79 Å². The van der Waals surface area contributed by atoms with Gasteiger partial charge in [-0.2, -0.15) is 5.10 Å². The molecule has 0 fully saturated rings. The summed E-state index contributed by atoms with van der Waals surface area (Å²) in [5.74, 6) is 0.672. The number of unbranched alkanes of at least 4 members (excludes halogenated alkanes) is 1. The number of carbonyl (C=O) groups is 1. The first kappa shape index (κ1) is 18.7. The van der Waals surface area contributed by atoms with Gasteiger partial charge in [-0.1, -0.05) is 31.0 Å². The van der Waals surface area contributed by atoms with E-state index in [1.165, 1.54) is 0 Å². The Morgan fingerprint density at radius 2 is 1.81 bits per heavy atom. The summed E-state index contributed by atoms with van der Waals surface area (Å²) in [4.78, 5) is 12.7. The number of aryl methyl sites for hydroxylation is 1. The van der Waals surface area contributed by atoms with Crippen LogP contribution in [0.1, 0.15) is 35.8 Å². The van der Waals surface area contributed by atoms with Gasteiger partial charge in [0, 0.05) is 12.1 Å². The lowest BCUT2D eigenvalue weighted by Gasteiger charge is -2.08. The molecule has 0 spiro atoms. The second-order valence-corrected chi connectivity index (χ2v) is 6.50. The maximum Gasteiger partial charge on any atom is 0.270 e. The molecule has 1 amide bonds. The van der Waals surface area contributed by atoms with Crippen LogP contribution in [0, 0.1) is 6.92 Å². The van der Waals surface area contributed by atoms with Gasteiger partial charge in [0.1, 0.15) is 11.4 Å². The molecule has 5 nitrogen and oxygen atoms in total. The van der Waals surface area contributed by atoms with Gasteiger partial charge in [-0.05, 0) is 55.8 Å². The van der Waals surface area contributed by atoms with Crippen molar-refractivity contribution in [2.45, 2.75) is 26.7 Å². The van der Waals surface area contributed by atoms with E-state index in [2.05, 4.69) is 12.2 Å². The average Bonchev–Trinajstić information content (AvgIpc) is 3.14. The number of nitrogens with zero attached hydrogens (tertiary/aromatic N) is 2. The maximum atomic E-state index is 12.7. The molecule has 0 saturated carbocycles. The minimum Gasteiger partial charge on any atom is -0.497 e. The molecule has 0 aliphatic heterocycles. The van der Waals surface area contributed by atoms with Crippen LogP contribution in [0.3, 0.4) is 0 Å². The molecule has 1 aromatic heterocycles. The number of methoxy groups -OCH3 is 1. The van der Waals surface area contributed by atoms with Crippen molar-refractivity contribution in [3.05, 3.63) is 65.9 Å². The number of benzene rings is 2. The standard InChI is InChI=1S/C22H25N3O2/c1-4-5-14-23-22(26)21-15-20(17-8-12-19(27-3)13-9-17)24-25(21)18-10-6-16(2)7-11-18/h6-13,15H,4-5,14H2,1-3H3,(H,23,26). The molecule has 27 heavy (non-hydrogen) atoms. The summed E-state index contributed by atoms with van der Waals surface area (Å²) in [7, 11) is 1.64. The van der Waals surface area contributed by atoms with Gasteiger partial charge >= 0.3 is 0 Å². The van der Waals surface area contributed by atoms with E-state index in [1.807, 2.05) is 61.5 Å². The number of hydrogen-bond donors (Lipinski definition) is 1. The molecule has 3 rings (SSSR count). The summed E-state index contributed by atoms with van der Waals surface area (Å²) in [6.07, 6.45) is 1.99. The average molecular weight is 363 g/mol. The zero-order chi connectivity index (χ0) is 19.2. The molecule has 1 N–H and O–H groups in total. The minimum absolute atomic E-state index is 0.115. The summed E-state index contributed by atoms with van der Waals surface area (Å²) in [6.45, 7) is 4.80. The van der Waals surface area contributed by atoms with Crippen molar-refractivity contribution in [3.63, 3.8) is 0 Å². The van der Waals surface area contributed by atoms with Crippen LogP contribution >= 0.6 is 0 Å². The third kappa shape index (κ3) is 4.37. The largest absolute Gasteiger partial charge is 0.497 e. The Hall–Kier alpha value is -3.08. The highest BCUT2D eigenvalue weighted by molar-refractivity contribution is 5.94. The van der Waals surface area contributed by atoms with E-state index in [1.54, 1.807) is 11.8 Å². The third-order valence-corrected chi connectivity index (χ3v) is 4.42. The van der Waals surface area contributed by atoms with Crippen molar-refractivity contribution in [2.24, 2.45) is 0 Å². The van der Waals surface area contributed by atoms with Gasteiger partial charge < -0.3 is 10.1 Å². The normalized spacial score (nSPS) is 10.6. The Morgan fingerprint density at radius 1 is 1.11 bits per heavy atom. The molecule has 1 heterocycles. The van der Waals surface area contributed by atoms with E-state index in [-0.39, 0.29) is 5.91 Å². The van der Waals surface area contributed by atoms with E-state index < -0.39 is 0 Å². The van der Waals surface area contributed by atoms with Gasteiger partial charge in [0.25, 0.3) is 5.91 Å². The highest BCUT2D eigenvalue weighted by atomic mass is 16.5. The fraction of sp³-hybridized carbons (Fsp3) is 0.273. The molecular formula is C22H25N3O2. The van der Waals surface area contributed by atoms with Gasteiger partial charge in [-0.3, -0.25) is 4.79 Å². The molecule has 5 heteroatoms. The first-order valence-electron chi connectivity index (χ1n) is 9.22. The molecule has 0 aliphatic rings. The monoisotopic (exact) mass is 363 g/mol. The Morgan fingerprint density at radius 3 is 2.44 bits per heavy atom. The van der Waals surface area contributed by atoms with Crippen LogP contribution in [0.5, 0.6) is 5.75 Å². The first-order chi connectivity index (χ1) is 13.1. The number of ether oxygens (including phenoxy) is 1. The number of nitrogens with one attached hydrogen (secondary N) is 1. The van der Waals surface area contributed by atoms with Gasteiger partial charge in [0.05, 0.1) is 18.5 Å². The Labute approximate surface area is 160 Å². The lowest BCUT2D eigenvalue weighted by molar-refractivity contribution is 0.0945. The molecular weight excluding hydrogens is 338 g/mol. The van der Waals surface area contributed by atoms with Crippen LogP contribution in [0.25, 0.3) is 16.9 Å². The lowest BCUT2D eigenvalue weighted by atomic mass is 10.1. The van der Waals surface area contributed by atoms with Crippen molar-refractivity contribution >= 4 is 5.91 Å². The molecule has 0 radical (unpaired) electrons. The summed E-state index contributed by atoms with van der Waals surface area (Å²) in [5, 5.41) is 7.68. The molecule has 0 unspecified atom stereocenters. The number of hydrogen-bond acceptors (Lipinski definition) is 3. The highest BCUT2D eigenvalue weighted by Gasteiger charge is 2.17. The number of aromatic nitrogens is 2. The predicted molar refractivity (Wildman–Crippen MR) is 108 cm³/mol. The highest BCUT2D eigenvalue weighted by Crippen LogP contribution is 2.24. The molecule has 140 valence electrons. The molecule has 0 bridgehead atoms. The van der Waals surface area contributed by atoms with Gasteiger partial charge in [0.15, 0.2) is 0 Å². The smallest absolute Gasteiger partial charge is 0.270 e. The Bertz CT molecular complexity index is 896. The zero-order valence-corrected chi connectivity index (χ0v) is 16.0. The van der Waals surface area contributed by atoms with E-state index >= 15 is 0 Å². The number of carbonyl (C=O) groups excluding carboxylic acids is 1. The maximum absolute atomic E-state index is 12.7. The summed E-state index contributed by atoms with van der Waals surface area (Å²) in [5.41, 5.74) is 4.24. The summed E-state index contributed by atoms with van der Waals surface area (Å²) in [6, 6.07) is 17.5. The van der Waals surface area contributed by atoms with Crippen LogP contribution in [-0.4, -0.2) is 29.3 Å². The zero-order valence-electron chi connectivity index (χ0n) is 16.0. The van der Waals surface area contributed by atoms with Crippen LogP contribution in [0.2, 0.25) is 0 Å². The number of amides is 1. The van der Waals surface area contributed by atoms with E-state index in [0.29, 0.717) is 12.2 Å². The fourth-order valence-electron chi connectivity index (χ4n) is 2.80. The van der Waals surface area contributed by atoms with Crippen molar-refractivity contribution in [1.82, 2.24) is 15.1 Å². The second kappa shape index (κ2) is 8.54. The van der Waals surface area contributed by atoms with Crippen molar-refractivity contribution < 1.29 is 9.53 Å². The topological polar surface area (TPSA) is 56.1 Å². The van der Waals surface area contributed by atoms with E-state index in [0.717, 1.165) is 41.1 Å². The Kier molecular flexibility index (Phi) is 5.91. The van der Waals surface area contributed by atoms with Gasteiger partial charge in [-0.25, -0.2) is 4.68 Å². The van der Waals surface area contributed by atoms with Crippen LogP contribution in [0.4, 0.5) is 0 Å². The predicted octanol–water partition coefficient (Wildman–Crippen LogP) is 4.39. The molecule has 3 aromatic rings. The Balaban J connectivity index is 1.99. The second-order valence-electron chi connectivity index (χ2n) is 6.50. The molecule has 0 saturated heterocycles. The lowest BCUT2D eigenvalue weighted by Crippen LogP contribution is -2.26. The molecule has 0 aliphatic carbocycles. The van der Waals surface area contributed by atoms with E-state index in [4.69, 9.17) is 9.84 Å². The van der Waals surface area contributed by atoms with Gasteiger partial charge in [0.2, 0.25) is 0 Å². The van der Waals surface area contributed by atoms with Crippen LogP contribution in [0.15, 0.2) is 54.6 Å². The SMILES string of the molecule is CCCCNC(=O)c1cc(-c2ccc(OC)cc2)nn1-c1ccc(C)cc1. The number of rotatable bonds is 7. The summed E-state index contributed by atoms with van der Waals surface area (Å²) >= 11 is 0. The quantitative estimate of drug-likeness (QED) is 0.634. The van der Waals surface area contributed by atoms with Crippen molar-refractivity contribution in [1.29, 1.82) is 0 Å². The summed E-state index contributed by atoms with van der Waals surface area (Å²) < 4.78 is 6.93. The first-order valence-corrected chi connectivity index (χ1v) is 9.22. The van der Waals surface area contributed by atoms with Crippen molar-refractivity contribution in [2.75, 3.05) is 13.7 Å². The fourth-order valence-corrected chi connectivity index (χ4v) is 2.80. The van der Waals surface area contributed by atoms with Gasteiger partial charge in [-0.15, -0.1) is 0 Å². The van der Waals surface area contributed by atoms with Crippen molar-refractivity contribution in [3.8, 4) is 22.7 Å². The molecule has 0 atom stereocenters. The molecule has 2 aromatic carbocycles. The van der Waals surface area contributed by atoms with Crippen LogP contribution < -0.4 is 10.1 Å². The minimum atomic E-state index is -0.115. The third-order valence-electron chi connectivity index (χ3n) is 4.42.